The van der Waals surface area contributed by atoms with Crippen LogP contribution in [0.4, 0.5) is 0 Å². The van der Waals surface area contributed by atoms with Crippen LogP contribution in [0.15, 0.2) is 64.9 Å². The van der Waals surface area contributed by atoms with Crippen LogP contribution >= 0.6 is 0 Å². The van der Waals surface area contributed by atoms with Crippen molar-refractivity contribution in [3.05, 3.63) is 65.7 Å². The first kappa shape index (κ1) is 18.1. The lowest BCUT2D eigenvalue weighted by Gasteiger charge is -2.38. The van der Waals surface area contributed by atoms with Crippen molar-refractivity contribution in [2.24, 2.45) is 10.3 Å². The lowest BCUT2D eigenvalue weighted by molar-refractivity contribution is -0.0155. The first-order chi connectivity index (χ1) is 14.2. The van der Waals surface area contributed by atoms with E-state index in [2.05, 4.69) is 10.3 Å². The van der Waals surface area contributed by atoms with Crippen LogP contribution in [0.5, 0.6) is 5.75 Å². The van der Waals surface area contributed by atoms with E-state index in [0.717, 1.165) is 24.2 Å². The quantitative estimate of drug-likeness (QED) is 0.575. The van der Waals surface area contributed by atoms with Crippen molar-refractivity contribution in [1.82, 2.24) is 5.01 Å². The Kier molecular flexibility index (Phi) is 4.47. The number of rotatable bonds is 5. The second-order valence-electron chi connectivity index (χ2n) is 7.79. The third-order valence-electron chi connectivity index (χ3n) is 6.00. The van der Waals surface area contributed by atoms with Gasteiger partial charge in [0.2, 0.25) is 0 Å². The van der Waals surface area contributed by atoms with E-state index in [1.54, 1.807) is 19.2 Å². The molecule has 2 heterocycles. The maximum atomic E-state index is 12.6. The molecule has 1 spiro atoms. The molecule has 0 radical (unpaired) electrons. The average Bonchev–Trinajstić information content (AvgIpc) is 3.41. The Morgan fingerprint density at radius 1 is 1.21 bits per heavy atom. The molecular weight excluding hydrogens is 370 g/mol. The van der Waals surface area contributed by atoms with Gasteiger partial charge in [-0.25, -0.2) is 4.79 Å². The Balaban J connectivity index is 1.32. The summed E-state index contributed by atoms with van der Waals surface area (Å²) in [5.74, 6) is 0.507. The number of hydrogen-bond acceptors (Lipinski definition) is 7. The molecule has 5 rings (SSSR count). The van der Waals surface area contributed by atoms with Crippen LogP contribution in [0, 0.1) is 0 Å². The zero-order valence-electron chi connectivity index (χ0n) is 16.2. The number of benzene rings is 2. The SMILES string of the molecule is COc1ccc(CN2N=NC3C(OC(=O)c4ccccc4)CCC4(CO4)C32)cc1. The third-order valence-corrected chi connectivity index (χ3v) is 6.00. The zero-order chi connectivity index (χ0) is 19.8. The van der Waals surface area contributed by atoms with Crippen LogP contribution in [0.1, 0.15) is 28.8 Å². The van der Waals surface area contributed by atoms with Crippen LogP contribution in [0.25, 0.3) is 0 Å². The smallest absolute Gasteiger partial charge is 0.338 e. The molecule has 29 heavy (non-hydrogen) atoms. The lowest BCUT2D eigenvalue weighted by Crippen LogP contribution is -2.55. The molecule has 2 fully saturated rings. The standard InChI is InChI=1S/C22H23N3O4/c1-27-17-9-7-15(8-10-17)13-25-20-19(23-24-25)18(11-12-22(20)14-28-22)29-21(26)16-5-3-2-4-6-16/h2-10,18-20H,11-14H2,1H3. The largest absolute Gasteiger partial charge is 0.497 e. The van der Waals surface area contributed by atoms with Crippen LogP contribution in [0.2, 0.25) is 0 Å². The Bertz CT molecular complexity index is 911. The fourth-order valence-corrected chi connectivity index (χ4v) is 4.35. The van der Waals surface area contributed by atoms with Gasteiger partial charge in [0, 0.05) is 0 Å². The summed E-state index contributed by atoms with van der Waals surface area (Å²) in [4.78, 5) is 12.6. The lowest BCUT2D eigenvalue weighted by atomic mass is 9.79. The number of ether oxygens (including phenoxy) is 3. The van der Waals surface area contributed by atoms with Gasteiger partial charge >= 0.3 is 5.97 Å². The zero-order valence-corrected chi connectivity index (χ0v) is 16.2. The number of carbonyl (C=O) groups excluding carboxylic acids is 1. The van der Waals surface area contributed by atoms with E-state index in [0.29, 0.717) is 18.7 Å². The molecule has 0 bridgehead atoms. The van der Waals surface area contributed by atoms with Crippen molar-refractivity contribution in [3.63, 3.8) is 0 Å². The van der Waals surface area contributed by atoms with Gasteiger partial charge in [-0.05, 0) is 42.7 Å². The predicted molar refractivity (Wildman–Crippen MR) is 105 cm³/mol. The highest BCUT2D eigenvalue weighted by Gasteiger charge is 2.63. The molecule has 0 aromatic heterocycles. The highest BCUT2D eigenvalue weighted by Crippen LogP contribution is 2.48. The predicted octanol–water partition coefficient (Wildman–Crippen LogP) is 3.40. The number of epoxide rings is 1. The van der Waals surface area contributed by atoms with Gasteiger partial charge in [-0.2, -0.15) is 5.11 Å². The summed E-state index contributed by atoms with van der Waals surface area (Å²) >= 11 is 0. The van der Waals surface area contributed by atoms with Crippen LogP contribution in [-0.2, 0) is 16.0 Å². The second kappa shape index (κ2) is 7.15. The number of fused-ring (bicyclic) bond motifs is 2. The molecule has 1 aliphatic carbocycles. The van der Waals surface area contributed by atoms with Gasteiger partial charge in [0.1, 0.15) is 29.5 Å². The monoisotopic (exact) mass is 393 g/mol. The van der Waals surface area contributed by atoms with E-state index in [1.807, 2.05) is 47.5 Å². The molecule has 1 saturated heterocycles. The molecule has 2 aliphatic heterocycles. The van der Waals surface area contributed by atoms with Gasteiger partial charge < -0.3 is 14.2 Å². The van der Waals surface area contributed by atoms with Gasteiger partial charge in [-0.1, -0.05) is 35.6 Å². The maximum absolute atomic E-state index is 12.6. The first-order valence-corrected chi connectivity index (χ1v) is 9.89. The van der Waals surface area contributed by atoms with E-state index < -0.39 is 0 Å². The summed E-state index contributed by atoms with van der Waals surface area (Å²) in [7, 11) is 1.65. The molecule has 7 nitrogen and oxygen atoms in total. The molecule has 4 unspecified atom stereocenters. The number of methoxy groups -OCH3 is 1. The van der Waals surface area contributed by atoms with Crippen LogP contribution < -0.4 is 4.74 Å². The summed E-state index contributed by atoms with van der Waals surface area (Å²) in [5, 5.41) is 10.9. The molecule has 3 aliphatic rings. The summed E-state index contributed by atoms with van der Waals surface area (Å²) in [6, 6.07) is 16.8. The Hall–Kier alpha value is -2.93. The van der Waals surface area contributed by atoms with E-state index in [1.165, 1.54) is 0 Å². The minimum Gasteiger partial charge on any atom is -0.497 e. The molecule has 150 valence electrons. The van der Waals surface area contributed by atoms with E-state index in [-0.39, 0.29) is 29.8 Å². The topological polar surface area (TPSA) is 76.0 Å². The fourth-order valence-electron chi connectivity index (χ4n) is 4.35. The minimum absolute atomic E-state index is 0.0214. The molecule has 0 N–H and O–H groups in total. The van der Waals surface area contributed by atoms with Crippen molar-refractivity contribution in [1.29, 1.82) is 0 Å². The molecule has 0 amide bonds. The van der Waals surface area contributed by atoms with Crippen molar-refractivity contribution in [2.45, 2.75) is 43.2 Å². The molecule has 2 aromatic carbocycles. The Morgan fingerprint density at radius 2 is 1.97 bits per heavy atom. The highest BCUT2D eigenvalue weighted by molar-refractivity contribution is 5.89. The van der Waals surface area contributed by atoms with Gasteiger partial charge in [0.05, 0.1) is 25.8 Å². The van der Waals surface area contributed by atoms with Gasteiger partial charge in [0.25, 0.3) is 0 Å². The summed E-state index contributed by atoms with van der Waals surface area (Å²) in [6.45, 7) is 1.33. The van der Waals surface area contributed by atoms with Crippen molar-refractivity contribution < 1.29 is 19.0 Å². The first-order valence-electron chi connectivity index (χ1n) is 9.89. The molecule has 2 aromatic rings. The van der Waals surface area contributed by atoms with E-state index >= 15 is 0 Å². The number of hydrogen-bond donors (Lipinski definition) is 0. The number of nitrogens with zero attached hydrogens (tertiary/aromatic N) is 3. The Morgan fingerprint density at radius 3 is 2.66 bits per heavy atom. The Labute approximate surface area is 169 Å². The van der Waals surface area contributed by atoms with Crippen molar-refractivity contribution in [2.75, 3.05) is 13.7 Å². The van der Waals surface area contributed by atoms with Gasteiger partial charge in [0.15, 0.2) is 0 Å². The molecule has 1 saturated carbocycles. The number of carbonyl (C=O) groups is 1. The van der Waals surface area contributed by atoms with Crippen LogP contribution in [-0.4, -0.2) is 48.5 Å². The van der Waals surface area contributed by atoms with Gasteiger partial charge in [-0.15, -0.1) is 0 Å². The van der Waals surface area contributed by atoms with Crippen LogP contribution in [0.3, 0.4) is 0 Å². The molecule has 4 atom stereocenters. The number of esters is 1. The fraction of sp³-hybridized carbons (Fsp3) is 0.409. The normalized spacial score (nSPS) is 29.6. The molecular formula is C22H23N3O4. The summed E-state index contributed by atoms with van der Waals surface area (Å²) in [5.41, 5.74) is 1.44. The minimum atomic E-state index is -0.314. The van der Waals surface area contributed by atoms with E-state index in [9.17, 15) is 4.79 Å². The van der Waals surface area contributed by atoms with E-state index in [4.69, 9.17) is 14.2 Å². The maximum Gasteiger partial charge on any atom is 0.338 e. The molecule has 7 heteroatoms. The average molecular weight is 393 g/mol. The summed E-state index contributed by atoms with van der Waals surface area (Å²) in [6.07, 6.45) is 1.27. The summed E-state index contributed by atoms with van der Waals surface area (Å²) < 4.78 is 17.0. The van der Waals surface area contributed by atoms with Crippen molar-refractivity contribution in [3.8, 4) is 5.75 Å². The second-order valence-corrected chi connectivity index (χ2v) is 7.79. The third kappa shape index (κ3) is 3.35. The van der Waals surface area contributed by atoms with Crippen molar-refractivity contribution >= 4 is 5.97 Å². The highest BCUT2D eigenvalue weighted by atomic mass is 16.6. The van der Waals surface area contributed by atoms with Gasteiger partial charge in [-0.3, -0.25) is 5.01 Å².